The molecular formula is C18H21NO5S. The fourth-order valence-corrected chi connectivity index (χ4v) is 3.59. The summed E-state index contributed by atoms with van der Waals surface area (Å²) in [6.45, 7) is 1.16. The monoisotopic (exact) mass is 363 g/mol. The van der Waals surface area contributed by atoms with Crippen LogP contribution in [0.5, 0.6) is 5.75 Å². The van der Waals surface area contributed by atoms with Gasteiger partial charge in [0.25, 0.3) is 0 Å². The third-order valence-electron chi connectivity index (χ3n) is 4.25. The predicted octanol–water partition coefficient (Wildman–Crippen LogP) is 1.79. The molecule has 0 aliphatic carbocycles. The van der Waals surface area contributed by atoms with Gasteiger partial charge in [0.05, 0.1) is 20.3 Å². The maximum atomic E-state index is 12.2. The van der Waals surface area contributed by atoms with Crippen LogP contribution in [0, 0.1) is 0 Å². The highest BCUT2D eigenvalue weighted by molar-refractivity contribution is 7.91. The Morgan fingerprint density at radius 1 is 1.24 bits per heavy atom. The van der Waals surface area contributed by atoms with E-state index in [1.165, 1.54) is 0 Å². The number of rotatable bonds is 4. The first-order valence-corrected chi connectivity index (χ1v) is 10.1. The number of amides is 1. The van der Waals surface area contributed by atoms with E-state index < -0.39 is 15.6 Å². The number of morpholine rings is 1. The van der Waals surface area contributed by atoms with Gasteiger partial charge in [-0.1, -0.05) is 18.2 Å². The summed E-state index contributed by atoms with van der Waals surface area (Å²) in [4.78, 5) is 13.7. The fraction of sp³-hybridized carbons (Fsp3) is 0.389. The summed E-state index contributed by atoms with van der Waals surface area (Å²) in [7, 11) is -1.70. The van der Waals surface area contributed by atoms with Crippen molar-refractivity contribution in [2.75, 3.05) is 38.8 Å². The summed E-state index contributed by atoms with van der Waals surface area (Å²) >= 11 is 0. The van der Waals surface area contributed by atoms with Crippen molar-refractivity contribution >= 4 is 26.5 Å². The number of sulfone groups is 1. The zero-order valence-electron chi connectivity index (χ0n) is 14.3. The minimum Gasteiger partial charge on any atom is -0.497 e. The molecule has 0 bridgehead atoms. The predicted molar refractivity (Wildman–Crippen MR) is 95.5 cm³/mol. The van der Waals surface area contributed by atoms with Crippen molar-refractivity contribution in [2.24, 2.45) is 0 Å². The Bertz CT molecular complexity index is 893. The molecule has 3 rings (SSSR count). The van der Waals surface area contributed by atoms with E-state index in [-0.39, 0.29) is 12.0 Å². The van der Waals surface area contributed by atoms with Gasteiger partial charge >= 0.3 is 0 Å². The zero-order chi connectivity index (χ0) is 18.0. The number of methoxy groups -OCH3 is 1. The number of ether oxygens (including phenoxy) is 2. The molecule has 2 aromatic carbocycles. The Balaban J connectivity index is 1.79. The molecule has 0 aromatic heterocycles. The quantitative estimate of drug-likeness (QED) is 0.828. The highest BCUT2D eigenvalue weighted by atomic mass is 32.2. The largest absolute Gasteiger partial charge is 0.497 e. The number of fused-ring (bicyclic) bond motifs is 1. The van der Waals surface area contributed by atoms with Crippen molar-refractivity contribution in [2.45, 2.75) is 6.10 Å². The molecule has 7 heteroatoms. The minimum absolute atomic E-state index is 0.260. The van der Waals surface area contributed by atoms with Crippen LogP contribution in [0.25, 0.3) is 10.8 Å². The van der Waals surface area contributed by atoms with Crippen LogP contribution in [0.2, 0.25) is 0 Å². The van der Waals surface area contributed by atoms with Gasteiger partial charge in [0.1, 0.15) is 17.6 Å². The Morgan fingerprint density at radius 2 is 1.96 bits per heavy atom. The maximum absolute atomic E-state index is 12.2. The second kappa shape index (κ2) is 7.01. The summed E-state index contributed by atoms with van der Waals surface area (Å²) in [5.41, 5.74) is 0.967. The highest BCUT2D eigenvalue weighted by Crippen LogP contribution is 2.28. The molecule has 1 heterocycles. The van der Waals surface area contributed by atoms with E-state index in [0.717, 1.165) is 28.3 Å². The molecule has 1 aliphatic heterocycles. The summed E-state index contributed by atoms with van der Waals surface area (Å²) < 4.78 is 33.7. The molecule has 0 radical (unpaired) electrons. The Hall–Kier alpha value is -2.12. The Labute approximate surface area is 147 Å². The standard InChI is InChI=1S/C18H21NO5S/c1-23-16-6-5-13-9-15(4-3-14(13)10-16)17-11-19(7-8-24-17)18(20)12-25(2,21)22/h3-6,9-10,17H,7-8,11-12H2,1-2H3/t17-/m0/s1. The molecule has 134 valence electrons. The lowest BCUT2D eigenvalue weighted by Crippen LogP contribution is -2.44. The maximum Gasteiger partial charge on any atom is 0.237 e. The zero-order valence-corrected chi connectivity index (χ0v) is 15.1. The van der Waals surface area contributed by atoms with E-state index in [9.17, 15) is 13.2 Å². The van der Waals surface area contributed by atoms with E-state index in [1.54, 1.807) is 12.0 Å². The van der Waals surface area contributed by atoms with Gasteiger partial charge in [0, 0.05) is 12.8 Å². The molecule has 6 nitrogen and oxygen atoms in total. The first-order chi connectivity index (χ1) is 11.9. The van der Waals surface area contributed by atoms with E-state index in [0.29, 0.717) is 19.7 Å². The number of carbonyl (C=O) groups is 1. The molecule has 1 saturated heterocycles. The summed E-state index contributed by atoms with van der Waals surface area (Å²) in [5.74, 6) is -0.0370. The van der Waals surface area contributed by atoms with E-state index >= 15 is 0 Å². The van der Waals surface area contributed by atoms with Gasteiger partial charge in [0.15, 0.2) is 9.84 Å². The second-order valence-electron chi connectivity index (χ2n) is 6.24. The highest BCUT2D eigenvalue weighted by Gasteiger charge is 2.27. The molecule has 1 atom stereocenters. The number of benzene rings is 2. The van der Waals surface area contributed by atoms with Gasteiger partial charge in [-0.25, -0.2) is 8.42 Å². The van der Waals surface area contributed by atoms with Crippen molar-refractivity contribution in [3.63, 3.8) is 0 Å². The average molecular weight is 363 g/mol. The molecule has 0 N–H and O–H groups in total. The SMILES string of the molecule is COc1ccc2cc([C@@H]3CN(C(=O)CS(C)(=O)=O)CCO3)ccc2c1. The van der Waals surface area contributed by atoms with Crippen LogP contribution in [0.4, 0.5) is 0 Å². The van der Waals surface area contributed by atoms with Crippen LogP contribution < -0.4 is 4.74 Å². The lowest BCUT2D eigenvalue weighted by molar-refractivity contribution is -0.136. The molecular weight excluding hydrogens is 342 g/mol. The average Bonchev–Trinajstić information content (AvgIpc) is 2.59. The first-order valence-electron chi connectivity index (χ1n) is 8.00. The summed E-state index contributed by atoms with van der Waals surface area (Å²) in [6, 6.07) is 11.8. The molecule has 0 unspecified atom stereocenters. The van der Waals surface area contributed by atoms with Gasteiger partial charge in [-0.15, -0.1) is 0 Å². The van der Waals surface area contributed by atoms with Crippen LogP contribution in [0.3, 0.4) is 0 Å². The second-order valence-corrected chi connectivity index (χ2v) is 8.38. The van der Waals surface area contributed by atoms with E-state index in [2.05, 4.69) is 0 Å². The minimum atomic E-state index is -3.33. The van der Waals surface area contributed by atoms with Gasteiger partial charge in [-0.05, 0) is 34.5 Å². The lowest BCUT2D eigenvalue weighted by Gasteiger charge is -2.33. The number of hydrogen-bond donors (Lipinski definition) is 0. The van der Waals surface area contributed by atoms with Gasteiger partial charge < -0.3 is 14.4 Å². The smallest absolute Gasteiger partial charge is 0.237 e. The van der Waals surface area contributed by atoms with Crippen molar-refractivity contribution < 1.29 is 22.7 Å². The number of nitrogens with zero attached hydrogens (tertiary/aromatic N) is 1. The number of carbonyl (C=O) groups excluding carboxylic acids is 1. The summed E-state index contributed by atoms with van der Waals surface area (Å²) in [5, 5.41) is 2.12. The topological polar surface area (TPSA) is 72.9 Å². The molecule has 1 aliphatic rings. The van der Waals surface area contributed by atoms with Crippen molar-refractivity contribution in [1.82, 2.24) is 4.90 Å². The third kappa shape index (κ3) is 4.29. The lowest BCUT2D eigenvalue weighted by atomic mass is 10.0. The molecule has 1 fully saturated rings. The van der Waals surface area contributed by atoms with Crippen LogP contribution >= 0.6 is 0 Å². The van der Waals surface area contributed by atoms with Crippen LogP contribution in [-0.2, 0) is 19.4 Å². The normalized spacial score (nSPS) is 18.3. The van der Waals surface area contributed by atoms with E-state index in [1.807, 2.05) is 36.4 Å². The summed E-state index contributed by atoms with van der Waals surface area (Å²) in [6.07, 6.45) is 0.809. The molecule has 0 spiro atoms. The van der Waals surface area contributed by atoms with E-state index in [4.69, 9.17) is 9.47 Å². The van der Waals surface area contributed by atoms with Gasteiger partial charge in [0.2, 0.25) is 5.91 Å². The molecule has 25 heavy (non-hydrogen) atoms. The number of hydrogen-bond acceptors (Lipinski definition) is 5. The molecule has 0 saturated carbocycles. The molecule has 1 amide bonds. The van der Waals surface area contributed by atoms with Crippen LogP contribution in [0.15, 0.2) is 36.4 Å². The molecule has 2 aromatic rings. The van der Waals surface area contributed by atoms with Crippen molar-refractivity contribution in [3.8, 4) is 5.75 Å². The van der Waals surface area contributed by atoms with Crippen LogP contribution in [0.1, 0.15) is 11.7 Å². The van der Waals surface area contributed by atoms with Gasteiger partial charge in [-0.3, -0.25) is 4.79 Å². The van der Waals surface area contributed by atoms with Crippen LogP contribution in [-0.4, -0.2) is 58.0 Å². The Morgan fingerprint density at radius 3 is 2.68 bits per heavy atom. The van der Waals surface area contributed by atoms with Crippen molar-refractivity contribution in [3.05, 3.63) is 42.0 Å². The third-order valence-corrected chi connectivity index (χ3v) is 5.02. The Kier molecular flexibility index (Phi) is 4.96. The van der Waals surface area contributed by atoms with Crippen molar-refractivity contribution in [1.29, 1.82) is 0 Å². The first kappa shape index (κ1) is 17.7. The fourth-order valence-electron chi connectivity index (χ4n) is 2.96. The van der Waals surface area contributed by atoms with Gasteiger partial charge in [-0.2, -0.15) is 0 Å².